The number of carbonyl (C=O) groups is 1. The first-order valence-corrected chi connectivity index (χ1v) is 8.68. The Kier molecular flexibility index (Phi) is 5.39. The molecule has 1 atom stereocenters. The lowest BCUT2D eigenvalue weighted by Gasteiger charge is -2.51. The minimum absolute atomic E-state index is 0.0668. The number of hydrogen-bond acceptors (Lipinski definition) is 7. The maximum absolute atomic E-state index is 11.5. The van der Waals surface area contributed by atoms with Crippen molar-refractivity contribution in [3.05, 3.63) is 12.4 Å². The molecule has 1 aromatic heterocycles. The molecule has 0 radical (unpaired) electrons. The second kappa shape index (κ2) is 7.53. The standard InChI is InChI=1S/C17H27N5O3/c1-21(2)14-8-15(20-12-19-14)22-10-17(11-22)13(5-7-25-17)4-6-18-16(23)9-24-3/h8,12-13H,4-7,9-11H2,1-3H3,(H,18,23). The van der Waals surface area contributed by atoms with Crippen LogP contribution in [0.5, 0.6) is 0 Å². The molecule has 0 bridgehead atoms. The van der Waals surface area contributed by atoms with Crippen LogP contribution in [-0.4, -0.2) is 75.5 Å². The molecule has 2 aliphatic rings. The second-order valence-electron chi connectivity index (χ2n) is 6.96. The molecular formula is C17H27N5O3. The van der Waals surface area contributed by atoms with E-state index in [-0.39, 0.29) is 18.1 Å². The van der Waals surface area contributed by atoms with Gasteiger partial charge in [-0.15, -0.1) is 0 Å². The van der Waals surface area contributed by atoms with Crippen LogP contribution in [0.2, 0.25) is 0 Å². The van der Waals surface area contributed by atoms with Crippen LogP contribution in [0.4, 0.5) is 11.6 Å². The van der Waals surface area contributed by atoms with Gasteiger partial charge in [0.25, 0.3) is 0 Å². The summed E-state index contributed by atoms with van der Waals surface area (Å²) in [4.78, 5) is 24.3. The molecule has 1 aromatic rings. The Hall–Kier alpha value is -1.93. The Balaban J connectivity index is 1.54. The van der Waals surface area contributed by atoms with E-state index in [0.29, 0.717) is 12.5 Å². The normalized spacial score (nSPS) is 21.2. The summed E-state index contributed by atoms with van der Waals surface area (Å²) in [6.45, 7) is 3.25. The lowest BCUT2D eigenvalue weighted by Crippen LogP contribution is -2.65. The average Bonchev–Trinajstić information content (AvgIpc) is 2.98. The Bertz CT molecular complexity index is 604. The monoisotopic (exact) mass is 349 g/mol. The number of hydrogen-bond donors (Lipinski definition) is 1. The first kappa shape index (κ1) is 17.9. The summed E-state index contributed by atoms with van der Waals surface area (Å²) in [6, 6.07) is 2.00. The summed E-state index contributed by atoms with van der Waals surface area (Å²) >= 11 is 0. The van der Waals surface area contributed by atoms with Crippen molar-refractivity contribution >= 4 is 17.5 Å². The summed E-state index contributed by atoms with van der Waals surface area (Å²) in [5.41, 5.74) is -0.102. The lowest BCUT2D eigenvalue weighted by atomic mass is 9.79. The molecule has 8 heteroatoms. The fourth-order valence-corrected chi connectivity index (χ4v) is 3.63. The van der Waals surface area contributed by atoms with E-state index in [2.05, 4.69) is 20.2 Å². The van der Waals surface area contributed by atoms with Crippen LogP contribution < -0.4 is 15.1 Å². The summed E-state index contributed by atoms with van der Waals surface area (Å²) in [5, 5.41) is 2.90. The summed E-state index contributed by atoms with van der Waals surface area (Å²) < 4.78 is 10.9. The highest BCUT2D eigenvalue weighted by Crippen LogP contribution is 2.43. The van der Waals surface area contributed by atoms with Crippen molar-refractivity contribution in [1.82, 2.24) is 15.3 Å². The molecule has 0 saturated carbocycles. The van der Waals surface area contributed by atoms with Gasteiger partial charge in [-0.2, -0.15) is 0 Å². The number of nitrogens with one attached hydrogen (secondary N) is 1. The number of methoxy groups -OCH3 is 1. The van der Waals surface area contributed by atoms with E-state index >= 15 is 0 Å². The van der Waals surface area contributed by atoms with Gasteiger partial charge in [0.05, 0.1) is 13.1 Å². The van der Waals surface area contributed by atoms with Crippen molar-refractivity contribution in [2.45, 2.75) is 18.4 Å². The number of aromatic nitrogens is 2. The van der Waals surface area contributed by atoms with Gasteiger partial charge in [0.2, 0.25) is 5.91 Å². The van der Waals surface area contributed by atoms with Crippen molar-refractivity contribution < 1.29 is 14.3 Å². The highest BCUT2D eigenvalue weighted by molar-refractivity contribution is 5.77. The topological polar surface area (TPSA) is 79.8 Å². The molecule has 3 rings (SSSR count). The van der Waals surface area contributed by atoms with Crippen LogP contribution in [0.3, 0.4) is 0 Å². The molecule has 1 amide bonds. The zero-order valence-electron chi connectivity index (χ0n) is 15.2. The van der Waals surface area contributed by atoms with Gasteiger partial charge in [0, 0.05) is 40.4 Å². The van der Waals surface area contributed by atoms with Gasteiger partial charge >= 0.3 is 0 Å². The SMILES string of the molecule is COCC(=O)NCCC1CCOC12CN(c1cc(N(C)C)ncn1)C2. The molecule has 8 nitrogen and oxygen atoms in total. The lowest BCUT2D eigenvalue weighted by molar-refractivity contribution is -0.124. The van der Waals surface area contributed by atoms with Crippen LogP contribution in [0.25, 0.3) is 0 Å². The fraction of sp³-hybridized carbons (Fsp3) is 0.706. The van der Waals surface area contributed by atoms with Crippen LogP contribution >= 0.6 is 0 Å². The summed E-state index contributed by atoms with van der Waals surface area (Å²) in [5.74, 6) is 2.23. The predicted octanol–water partition coefficient (Wildman–Crippen LogP) is 0.291. The van der Waals surface area contributed by atoms with Gasteiger partial charge in [-0.25, -0.2) is 9.97 Å². The van der Waals surface area contributed by atoms with Crippen LogP contribution in [0.1, 0.15) is 12.8 Å². The van der Waals surface area contributed by atoms with Gasteiger partial charge in [-0.3, -0.25) is 4.79 Å². The molecular weight excluding hydrogens is 322 g/mol. The zero-order valence-corrected chi connectivity index (χ0v) is 15.2. The minimum Gasteiger partial charge on any atom is -0.375 e. The van der Waals surface area contributed by atoms with E-state index in [1.165, 1.54) is 7.11 Å². The van der Waals surface area contributed by atoms with E-state index in [1.54, 1.807) is 6.33 Å². The van der Waals surface area contributed by atoms with Gasteiger partial charge in [-0.1, -0.05) is 0 Å². The maximum Gasteiger partial charge on any atom is 0.245 e. The van der Waals surface area contributed by atoms with Crippen LogP contribution in [0, 0.1) is 5.92 Å². The van der Waals surface area contributed by atoms with E-state index in [1.807, 2.05) is 25.1 Å². The molecule has 1 N–H and O–H groups in total. The molecule has 0 aliphatic carbocycles. The van der Waals surface area contributed by atoms with Gasteiger partial charge in [-0.05, 0) is 18.8 Å². The van der Waals surface area contributed by atoms with E-state index in [4.69, 9.17) is 9.47 Å². The molecule has 2 saturated heterocycles. The number of carbonyl (C=O) groups excluding carboxylic acids is 1. The maximum atomic E-state index is 11.5. The van der Waals surface area contributed by atoms with Crippen LogP contribution in [0.15, 0.2) is 12.4 Å². The largest absolute Gasteiger partial charge is 0.375 e. The third-order valence-corrected chi connectivity index (χ3v) is 5.03. The van der Waals surface area contributed by atoms with E-state index in [9.17, 15) is 4.79 Å². The number of nitrogens with zero attached hydrogens (tertiary/aromatic N) is 4. The third-order valence-electron chi connectivity index (χ3n) is 5.03. The smallest absolute Gasteiger partial charge is 0.245 e. The number of rotatable bonds is 7. The Morgan fingerprint density at radius 2 is 2.28 bits per heavy atom. The Morgan fingerprint density at radius 1 is 1.48 bits per heavy atom. The number of amides is 1. The van der Waals surface area contributed by atoms with Gasteiger partial charge in [0.15, 0.2) is 0 Å². The molecule has 1 unspecified atom stereocenters. The third kappa shape index (κ3) is 3.85. The van der Waals surface area contributed by atoms with Crippen molar-refractivity contribution in [2.24, 2.45) is 5.92 Å². The van der Waals surface area contributed by atoms with E-state index < -0.39 is 0 Å². The van der Waals surface area contributed by atoms with Gasteiger partial charge in [0.1, 0.15) is 30.2 Å². The molecule has 2 fully saturated rings. The first-order valence-electron chi connectivity index (χ1n) is 8.68. The molecule has 0 aromatic carbocycles. The van der Waals surface area contributed by atoms with E-state index in [0.717, 1.165) is 44.2 Å². The molecule has 2 aliphatic heterocycles. The summed E-state index contributed by atoms with van der Waals surface area (Å²) in [6.07, 6.45) is 3.57. The Labute approximate surface area is 148 Å². The molecule has 3 heterocycles. The quantitative estimate of drug-likeness (QED) is 0.758. The molecule has 138 valence electrons. The second-order valence-corrected chi connectivity index (χ2v) is 6.96. The number of ether oxygens (including phenoxy) is 2. The van der Waals surface area contributed by atoms with Gasteiger partial charge < -0.3 is 24.6 Å². The fourth-order valence-electron chi connectivity index (χ4n) is 3.63. The Morgan fingerprint density at radius 3 is 3.00 bits per heavy atom. The highest BCUT2D eigenvalue weighted by Gasteiger charge is 2.53. The average molecular weight is 349 g/mol. The predicted molar refractivity (Wildman–Crippen MR) is 94.9 cm³/mol. The molecule has 1 spiro atoms. The highest BCUT2D eigenvalue weighted by atomic mass is 16.5. The first-order chi connectivity index (χ1) is 12.0. The minimum atomic E-state index is -0.102. The van der Waals surface area contributed by atoms with Crippen molar-refractivity contribution in [3.8, 4) is 0 Å². The van der Waals surface area contributed by atoms with Crippen molar-refractivity contribution in [2.75, 3.05) is 63.9 Å². The summed E-state index contributed by atoms with van der Waals surface area (Å²) in [7, 11) is 5.46. The van der Waals surface area contributed by atoms with Crippen molar-refractivity contribution in [1.29, 1.82) is 0 Å². The van der Waals surface area contributed by atoms with Crippen molar-refractivity contribution in [3.63, 3.8) is 0 Å². The molecule has 25 heavy (non-hydrogen) atoms. The zero-order chi connectivity index (χ0) is 17.9. The van der Waals surface area contributed by atoms with Crippen LogP contribution in [-0.2, 0) is 14.3 Å². The number of anilines is 2.